The number of halogens is 4. The largest absolute Gasteiger partial charge is 0.494 e. The summed E-state index contributed by atoms with van der Waals surface area (Å²) in [6.07, 6.45) is 0.450. The highest BCUT2D eigenvalue weighted by Crippen LogP contribution is 2.31. The van der Waals surface area contributed by atoms with Gasteiger partial charge in [-0.25, -0.2) is 13.2 Å². The molecular formula is C15H12BrF3O. The van der Waals surface area contributed by atoms with Crippen molar-refractivity contribution in [3.63, 3.8) is 0 Å². The van der Waals surface area contributed by atoms with E-state index in [1.165, 1.54) is 19.2 Å². The van der Waals surface area contributed by atoms with Crippen molar-refractivity contribution in [1.82, 2.24) is 0 Å². The van der Waals surface area contributed by atoms with E-state index < -0.39 is 17.5 Å². The molecule has 2 rings (SSSR count). The molecule has 0 saturated carbocycles. The monoisotopic (exact) mass is 344 g/mol. The van der Waals surface area contributed by atoms with Crippen molar-refractivity contribution >= 4 is 15.9 Å². The Morgan fingerprint density at radius 1 is 1.00 bits per heavy atom. The molecule has 0 fully saturated rings. The lowest BCUT2D eigenvalue weighted by molar-refractivity contribution is 0.386. The highest BCUT2D eigenvalue weighted by molar-refractivity contribution is 9.09. The molecule has 5 heteroatoms. The molecule has 0 N–H and O–H groups in total. The second kappa shape index (κ2) is 6.31. The predicted octanol–water partition coefficient (Wildman–Crippen LogP) is 4.79. The van der Waals surface area contributed by atoms with Gasteiger partial charge in [0, 0.05) is 4.83 Å². The van der Waals surface area contributed by atoms with Crippen LogP contribution in [-0.2, 0) is 6.42 Å². The maximum absolute atomic E-state index is 13.3. The minimum absolute atomic E-state index is 0.150. The Labute approximate surface area is 123 Å². The standard InChI is InChI=1S/C15H12BrF3O/c1-20-15-8-10(3-5-13(15)18)11(16)6-9-2-4-12(17)14(19)7-9/h2-5,7-8,11H,6H2,1H3. The van der Waals surface area contributed by atoms with E-state index in [-0.39, 0.29) is 10.6 Å². The molecule has 20 heavy (non-hydrogen) atoms. The lowest BCUT2D eigenvalue weighted by Gasteiger charge is -2.12. The molecule has 2 aromatic rings. The van der Waals surface area contributed by atoms with E-state index in [9.17, 15) is 13.2 Å². The molecule has 0 radical (unpaired) electrons. The minimum atomic E-state index is -0.876. The van der Waals surface area contributed by atoms with Gasteiger partial charge >= 0.3 is 0 Å². The van der Waals surface area contributed by atoms with E-state index in [1.807, 2.05) is 0 Å². The molecule has 0 aromatic heterocycles. The number of methoxy groups -OCH3 is 1. The molecule has 1 atom stereocenters. The minimum Gasteiger partial charge on any atom is -0.494 e. The number of alkyl halides is 1. The fourth-order valence-electron chi connectivity index (χ4n) is 1.86. The van der Waals surface area contributed by atoms with Crippen molar-refractivity contribution in [3.05, 3.63) is 65.0 Å². The SMILES string of the molecule is COc1cc(C(Br)Cc2ccc(F)c(F)c2)ccc1F. The summed E-state index contributed by atoms with van der Waals surface area (Å²) in [4.78, 5) is -0.151. The van der Waals surface area contributed by atoms with Crippen molar-refractivity contribution in [3.8, 4) is 5.75 Å². The first kappa shape index (κ1) is 14.9. The van der Waals surface area contributed by atoms with E-state index in [2.05, 4.69) is 15.9 Å². The first-order valence-electron chi connectivity index (χ1n) is 5.92. The van der Waals surface area contributed by atoms with Crippen LogP contribution >= 0.6 is 15.9 Å². The topological polar surface area (TPSA) is 9.23 Å². The summed E-state index contributed by atoms with van der Waals surface area (Å²) in [6, 6.07) is 8.28. The Kier molecular flexibility index (Phi) is 4.70. The molecule has 1 nitrogen and oxygen atoms in total. The normalized spacial score (nSPS) is 12.2. The Bertz CT molecular complexity index is 616. The first-order valence-corrected chi connectivity index (χ1v) is 6.84. The lowest BCUT2D eigenvalue weighted by Crippen LogP contribution is -1.98. The van der Waals surface area contributed by atoms with E-state index in [1.54, 1.807) is 12.1 Å². The van der Waals surface area contributed by atoms with Gasteiger partial charge in [-0.2, -0.15) is 0 Å². The van der Waals surface area contributed by atoms with Crippen LogP contribution in [0.4, 0.5) is 13.2 Å². The molecule has 0 aliphatic carbocycles. The third-order valence-corrected chi connectivity index (χ3v) is 3.79. The summed E-state index contributed by atoms with van der Waals surface area (Å²) in [5.74, 6) is -2.04. The molecule has 0 bridgehead atoms. The molecule has 0 saturated heterocycles. The Hall–Kier alpha value is -1.49. The summed E-state index contributed by atoms with van der Waals surface area (Å²) >= 11 is 3.46. The zero-order chi connectivity index (χ0) is 14.7. The van der Waals surface area contributed by atoms with E-state index >= 15 is 0 Å². The number of hydrogen-bond donors (Lipinski definition) is 0. The zero-order valence-corrected chi connectivity index (χ0v) is 12.3. The molecular weight excluding hydrogens is 333 g/mol. The summed E-state index contributed by atoms with van der Waals surface area (Å²) in [5.41, 5.74) is 1.45. The van der Waals surface area contributed by atoms with Crippen LogP contribution < -0.4 is 4.74 Å². The van der Waals surface area contributed by atoms with Crippen molar-refractivity contribution in [2.45, 2.75) is 11.2 Å². The number of benzene rings is 2. The number of ether oxygens (including phenoxy) is 1. The highest BCUT2D eigenvalue weighted by atomic mass is 79.9. The first-order chi connectivity index (χ1) is 9.51. The summed E-state index contributed by atoms with van der Waals surface area (Å²) in [7, 11) is 1.39. The molecule has 0 heterocycles. The van der Waals surface area contributed by atoms with Crippen molar-refractivity contribution in [1.29, 1.82) is 0 Å². The van der Waals surface area contributed by atoms with Crippen molar-refractivity contribution < 1.29 is 17.9 Å². The van der Waals surface area contributed by atoms with Crippen LogP contribution in [0, 0.1) is 17.5 Å². The van der Waals surface area contributed by atoms with E-state index in [0.717, 1.165) is 17.7 Å². The van der Waals surface area contributed by atoms with Crippen molar-refractivity contribution in [2.75, 3.05) is 7.11 Å². The van der Waals surface area contributed by atoms with Gasteiger partial charge in [-0.1, -0.05) is 28.1 Å². The molecule has 0 spiro atoms. The van der Waals surface area contributed by atoms with Gasteiger partial charge in [-0.05, 0) is 41.8 Å². The van der Waals surface area contributed by atoms with Crippen LogP contribution in [0.25, 0.3) is 0 Å². The Morgan fingerprint density at radius 3 is 2.35 bits per heavy atom. The Morgan fingerprint density at radius 2 is 1.70 bits per heavy atom. The van der Waals surface area contributed by atoms with E-state index in [0.29, 0.717) is 12.0 Å². The van der Waals surface area contributed by atoms with Gasteiger partial charge < -0.3 is 4.74 Å². The Balaban J connectivity index is 2.19. The molecule has 1 unspecified atom stereocenters. The van der Waals surface area contributed by atoms with Crippen molar-refractivity contribution in [2.24, 2.45) is 0 Å². The average Bonchev–Trinajstić information content (AvgIpc) is 2.43. The van der Waals surface area contributed by atoms with Gasteiger partial charge in [0.25, 0.3) is 0 Å². The highest BCUT2D eigenvalue weighted by Gasteiger charge is 2.13. The third-order valence-electron chi connectivity index (χ3n) is 2.94. The molecule has 2 aromatic carbocycles. The summed E-state index contributed by atoms with van der Waals surface area (Å²) in [5, 5.41) is 0. The van der Waals surface area contributed by atoms with Crippen LogP contribution in [0.1, 0.15) is 16.0 Å². The molecule has 106 valence electrons. The third kappa shape index (κ3) is 3.33. The van der Waals surface area contributed by atoms with Gasteiger partial charge in [0.05, 0.1) is 7.11 Å². The average molecular weight is 345 g/mol. The van der Waals surface area contributed by atoms with Gasteiger partial charge in [-0.15, -0.1) is 0 Å². The second-order valence-corrected chi connectivity index (χ2v) is 5.42. The summed E-state index contributed by atoms with van der Waals surface area (Å²) in [6.45, 7) is 0. The van der Waals surface area contributed by atoms with Crippen LogP contribution in [0.15, 0.2) is 36.4 Å². The maximum atomic E-state index is 13.3. The molecule has 0 amide bonds. The quantitative estimate of drug-likeness (QED) is 0.724. The summed E-state index contributed by atoms with van der Waals surface area (Å²) < 4.78 is 44.2. The predicted molar refractivity (Wildman–Crippen MR) is 74.7 cm³/mol. The van der Waals surface area contributed by atoms with E-state index in [4.69, 9.17) is 4.74 Å². The number of rotatable bonds is 4. The van der Waals surface area contributed by atoms with Crippen LogP contribution in [0.3, 0.4) is 0 Å². The number of hydrogen-bond acceptors (Lipinski definition) is 1. The molecule has 0 aliphatic rings. The van der Waals surface area contributed by atoms with Gasteiger partial charge in [-0.3, -0.25) is 0 Å². The van der Waals surface area contributed by atoms with Gasteiger partial charge in [0.15, 0.2) is 23.2 Å². The fraction of sp³-hybridized carbons (Fsp3) is 0.200. The maximum Gasteiger partial charge on any atom is 0.165 e. The fourth-order valence-corrected chi connectivity index (χ4v) is 2.52. The van der Waals surface area contributed by atoms with Crippen LogP contribution in [0.5, 0.6) is 5.75 Å². The second-order valence-electron chi connectivity index (χ2n) is 4.31. The lowest BCUT2D eigenvalue weighted by atomic mass is 10.0. The van der Waals surface area contributed by atoms with Gasteiger partial charge in [0.1, 0.15) is 0 Å². The van der Waals surface area contributed by atoms with Crippen LogP contribution in [-0.4, -0.2) is 7.11 Å². The smallest absolute Gasteiger partial charge is 0.165 e. The van der Waals surface area contributed by atoms with Crippen LogP contribution in [0.2, 0.25) is 0 Å². The zero-order valence-electron chi connectivity index (χ0n) is 10.7. The molecule has 0 aliphatic heterocycles. The van der Waals surface area contributed by atoms with Gasteiger partial charge in [0.2, 0.25) is 0 Å².